The van der Waals surface area contributed by atoms with E-state index in [4.69, 9.17) is 15.7 Å². The van der Waals surface area contributed by atoms with E-state index >= 15 is 0 Å². The molecule has 3 N–H and O–H groups in total. The first-order valence-electron chi connectivity index (χ1n) is 6.50. The molecule has 1 aromatic rings. The van der Waals surface area contributed by atoms with Gasteiger partial charge in [-0.25, -0.2) is 0 Å². The van der Waals surface area contributed by atoms with Gasteiger partial charge in [0.25, 0.3) is 0 Å². The molecule has 0 radical (unpaired) electrons. The van der Waals surface area contributed by atoms with Gasteiger partial charge in [-0.15, -0.1) is 0 Å². The topological polar surface area (TPSA) is 71.1 Å². The first kappa shape index (κ1) is 13.7. The predicted molar refractivity (Wildman–Crippen MR) is 75.9 cm³/mol. The molecule has 1 aromatic carbocycles. The van der Waals surface area contributed by atoms with Gasteiger partial charge in [-0.05, 0) is 38.5 Å². The van der Waals surface area contributed by atoms with E-state index in [1.165, 1.54) is 0 Å². The maximum absolute atomic E-state index is 8.90. The van der Waals surface area contributed by atoms with Crippen LogP contribution in [0.1, 0.15) is 25.0 Å². The summed E-state index contributed by atoms with van der Waals surface area (Å²) >= 11 is 0. The van der Waals surface area contributed by atoms with Gasteiger partial charge in [0.1, 0.15) is 0 Å². The van der Waals surface area contributed by atoms with Gasteiger partial charge in [0, 0.05) is 24.3 Å². The lowest BCUT2D eigenvalue weighted by Gasteiger charge is -2.37. The first-order valence-corrected chi connectivity index (χ1v) is 6.50. The van der Waals surface area contributed by atoms with E-state index < -0.39 is 0 Å². The molecule has 2 atom stereocenters. The molecule has 0 aliphatic carbocycles. The molecule has 0 bridgehead atoms. The van der Waals surface area contributed by atoms with Gasteiger partial charge >= 0.3 is 0 Å². The van der Waals surface area contributed by atoms with E-state index in [-0.39, 0.29) is 18.0 Å². The molecule has 1 aliphatic rings. The molecule has 104 valence electrons. The summed E-state index contributed by atoms with van der Waals surface area (Å²) in [6.07, 6.45) is 0.341. The fraction of sp³-hybridized carbons (Fsp3) is 0.500. The van der Waals surface area contributed by atoms with Crippen molar-refractivity contribution in [1.82, 2.24) is 0 Å². The van der Waals surface area contributed by atoms with Crippen molar-refractivity contribution in [3.8, 4) is 0 Å². The number of morpholine rings is 1. The standard InChI is InChI=1S/C14H21N3O2/c1-9-4-5-12(14(15)16-18)13(6-9)17-7-10(2)19-11(3)8-17/h4-6,10-11,18H,7-8H2,1-3H3,(H2,15,16)/t10-,11+. The molecule has 19 heavy (non-hydrogen) atoms. The Bertz CT molecular complexity index is 478. The number of anilines is 1. The Morgan fingerprint density at radius 2 is 2.00 bits per heavy atom. The van der Waals surface area contributed by atoms with Gasteiger partial charge in [-0.1, -0.05) is 11.2 Å². The zero-order valence-corrected chi connectivity index (χ0v) is 11.6. The largest absolute Gasteiger partial charge is 0.409 e. The second-order valence-electron chi connectivity index (χ2n) is 5.17. The Morgan fingerprint density at radius 1 is 1.37 bits per heavy atom. The molecule has 2 rings (SSSR count). The summed E-state index contributed by atoms with van der Waals surface area (Å²) in [5, 5.41) is 12.0. The van der Waals surface area contributed by atoms with Crippen molar-refractivity contribution in [3.05, 3.63) is 29.3 Å². The third-order valence-electron chi connectivity index (χ3n) is 3.30. The van der Waals surface area contributed by atoms with Gasteiger partial charge in [-0.3, -0.25) is 0 Å². The van der Waals surface area contributed by atoms with Crippen LogP contribution in [-0.4, -0.2) is 36.3 Å². The quantitative estimate of drug-likeness (QED) is 0.369. The van der Waals surface area contributed by atoms with Crippen molar-refractivity contribution < 1.29 is 9.94 Å². The number of hydrogen-bond donors (Lipinski definition) is 2. The smallest absolute Gasteiger partial charge is 0.172 e. The highest BCUT2D eigenvalue weighted by atomic mass is 16.5. The first-order chi connectivity index (χ1) is 9.01. The van der Waals surface area contributed by atoms with Crippen LogP contribution < -0.4 is 10.6 Å². The van der Waals surface area contributed by atoms with Gasteiger partial charge in [0.2, 0.25) is 0 Å². The maximum Gasteiger partial charge on any atom is 0.172 e. The lowest BCUT2D eigenvalue weighted by Crippen LogP contribution is -2.46. The molecule has 1 fully saturated rings. The number of aryl methyl sites for hydroxylation is 1. The molecule has 1 heterocycles. The molecule has 0 aromatic heterocycles. The minimum Gasteiger partial charge on any atom is -0.409 e. The second kappa shape index (κ2) is 5.48. The summed E-state index contributed by atoms with van der Waals surface area (Å²) in [6, 6.07) is 5.92. The van der Waals surface area contributed by atoms with E-state index in [2.05, 4.69) is 30.0 Å². The van der Waals surface area contributed by atoms with Crippen molar-refractivity contribution in [2.45, 2.75) is 33.0 Å². The molecule has 5 heteroatoms. The van der Waals surface area contributed by atoms with Crippen molar-refractivity contribution in [2.75, 3.05) is 18.0 Å². The van der Waals surface area contributed by atoms with Crippen molar-refractivity contribution in [3.63, 3.8) is 0 Å². The Kier molecular flexibility index (Phi) is 3.95. The van der Waals surface area contributed by atoms with E-state index in [1.54, 1.807) is 0 Å². The number of amidine groups is 1. The van der Waals surface area contributed by atoms with Crippen LogP contribution in [0.15, 0.2) is 23.4 Å². The highest BCUT2D eigenvalue weighted by Crippen LogP contribution is 2.25. The highest BCUT2D eigenvalue weighted by Gasteiger charge is 2.24. The van der Waals surface area contributed by atoms with E-state index in [0.717, 1.165) is 29.9 Å². The summed E-state index contributed by atoms with van der Waals surface area (Å²) in [6.45, 7) is 7.76. The molecule has 0 saturated carbocycles. The minimum atomic E-state index is 0.141. The van der Waals surface area contributed by atoms with Gasteiger partial charge < -0.3 is 20.6 Å². The van der Waals surface area contributed by atoms with Gasteiger partial charge in [-0.2, -0.15) is 0 Å². The Morgan fingerprint density at radius 3 is 2.58 bits per heavy atom. The summed E-state index contributed by atoms with van der Waals surface area (Å²) in [4.78, 5) is 2.24. The van der Waals surface area contributed by atoms with Crippen LogP contribution >= 0.6 is 0 Å². The van der Waals surface area contributed by atoms with Gasteiger partial charge in [0.15, 0.2) is 5.84 Å². The van der Waals surface area contributed by atoms with Crippen LogP contribution in [0.4, 0.5) is 5.69 Å². The zero-order chi connectivity index (χ0) is 14.0. The molecular weight excluding hydrogens is 242 g/mol. The normalized spacial score (nSPS) is 24.6. The van der Waals surface area contributed by atoms with Crippen molar-refractivity contribution in [1.29, 1.82) is 0 Å². The minimum absolute atomic E-state index is 0.141. The monoisotopic (exact) mass is 263 g/mol. The number of benzene rings is 1. The van der Waals surface area contributed by atoms with Crippen LogP contribution in [0.25, 0.3) is 0 Å². The number of rotatable bonds is 2. The number of hydrogen-bond acceptors (Lipinski definition) is 4. The van der Waals surface area contributed by atoms with Crippen molar-refractivity contribution >= 4 is 11.5 Å². The fourth-order valence-corrected chi connectivity index (χ4v) is 2.55. The molecule has 1 saturated heterocycles. The molecule has 0 amide bonds. The summed E-state index contributed by atoms with van der Waals surface area (Å²) in [5.74, 6) is 0.141. The molecule has 1 aliphatic heterocycles. The van der Waals surface area contributed by atoms with E-state index in [9.17, 15) is 0 Å². The molecule has 5 nitrogen and oxygen atoms in total. The Labute approximate surface area is 113 Å². The maximum atomic E-state index is 8.90. The predicted octanol–water partition coefficient (Wildman–Crippen LogP) is 1.70. The third kappa shape index (κ3) is 2.98. The molecule has 0 spiro atoms. The fourth-order valence-electron chi connectivity index (χ4n) is 2.55. The summed E-state index contributed by atoms with van der Waals surface area (Å²) in [7, 11) is 0. The van der Waals surface area contributed by atoms with Gasteiger partial charge in [0.05, 0.1) is 12.2 Å². The third-order valence-corrected chi connectivity index (χ3v) is 3.30. The van der Waals surface area contributed by atoms with Crippen LogP contribution in [-0.2, 0) is 4.74 Å². The van der Waals surface area contributed by atoms with Crippen molar-refractivity contribution in [2.24, 2.45) is 10.9 Å². The highest BCUT2D eigenvalue weighted by molar-refractivity contribution is 6.02. The second-order valence-corrected chi connectivity index (χ2v) is 5.17. The van der Waals surface area contributed by atoms with Crippen LogP contribution in [0.5, 0.6) is 0 Å². The molecular formula is C14H21N3O2. The number of oxime groups is 1. The van der Waals surface area contributed by atoms with E-state index in [1.807, 2.05) is 19.1 Å². The average molecular weight is 263 g/mol. The zero-order valence-electron chi connectivity index (χ0n) is 11.6. The van der Waals surface area contributed by atoms with Crippen LogP contribution in [0.2, 0.25) is 0 Å². The van der Waals surface area contributed by atoms with Crippen LogP contribution in [0.3, 0.4) is 0 Å². The number of ether oxygens (including phenoxy) is 1. The summed E-state index contributed by atoms with van der Waals surface area (Å²) in [5.41, 5.74) is 8.67. The average Bonchev–Trinajstić information content (AvgIpc) is 2.36. The van der Waals surface area contributed by atoms with Crippen LogP contribution in [0, 0.1) is 6.92 Å². The Hall–Kier alpha value is -1.75. The summed E-state index contributed by atoms with van der Waals surface area (Å²) < 4.78 is 5.74. The number of nitrogens with two attached hydrogens (primary N) is 1. The lowest BCUT2D eigenvalue weighted by atomic mass is 10.1. The van der Waals surface area contributed by atoms with E-state index in [0.29, 0.717) is 0 Å². The Balaban J connectivity index is 2.39. The SMILES string of the molecule is Cc1ccc(/C(N)=N/O)c(N2C[C@@H](C)O[C@@H](C)C2)c1. The number of nitrogens with zero attached hydrogens (tertiary/aromatic N) is 2. The lowest BCUT2D eigenvalue weighted by molar-refractivity contribution is -0.00522. The molecule has 0 unspecified atom stereocenters.